The third kappa shape index (κ3) is 3.67. The first-order chi connectivity index (χ1) is 12.9. The maximum atomic E-state index is 13.6. The van der Waals surface area contributed by atoms with Gasteiger partial charge in [0.1, 0.15) is 5.76 Å². The fraction of sp³-hybridized carbons (Fsp3) is 0.250. The number of halogens is 1. The van der Waals surface area contributed by atoms with Gasteiger partial charge in [0.15, 0.2) is 5.82 Å². The molecule has 0 bridgehead atoms. The average molecular weight is 367 g/mol. The van der Waals surface area contributed by atoms with Gasteiger partial charge in [-0.1, -0.05) is 36.3 Å². The number of carbonyl (C=O) groups is 1. The Labute approximate surface area is 155 Å². The molecule has 0 spiro atoms. The molecule has 2 aromatic heterocycles. The highest BCUT2D eigenvalue weighted by Gasteiger charge is 2.42. The number of H-pyrrole nitrogens is 1. The molecule has 1 aliphatic carbocycles. The van der Waals surface area contributed by atoms with Crippen LogP contribution in [0, 0.1) is 5.82 Å². The Morgan fingerprint density at radius 3 is 2.70 bits per heavy atom. The summed E-state index contributed by atoms with van der Waals surface area (Å²) in [6.07, 6.45) is 4.01. The number of nitrogens with two attached hydrogens (primary N) is 1. The molecule has 0 atom stereocenters. The van der Waals surface area contributed by atoms with Crippen LogP contribution in [-0.4, -0.2) is 11.1 Å². The number of hydrogen-bond acceptors (Lipinski definition) is 4. The Morgan fingerprint density at radius 1 is 1.30 bits per heavy atom. The van der Waals surface area contributed by atoms with Crippen molar-refractivity contribution in [1.82, 2.24) is 5.16 Å². The van der Waals surface area contributed by atoms with E-state index < -0.39 is 5.82 Å². The standard InChI is InChI=1S/C20H19FN4O2/c1-20(6-7-20)16-10-17(25-27-16)24-18(26)8-12-2-4-13(5-3-12)14-9-15(21)19(22)23-11-14/h2-5,9-11H,6-8H2,1H3,(H2,22,23)(H,24,25,26)/p+1. The Hall–Kier alpha value is -3.22. The second-order valence-corrected chi connectivity index (χ2v) is 7.21. The smallest absolute Gasteiger partial charge is 0.306 e. The number of benzene rings is 1. The lowest BCUT2D eigenvalue weighted by Crippen LogP contribution is -2.14. The molecule has 1 aliphatic rings. The van der Waals surface area contributed by atoms with Gasteiger partial charge in [0, 0.05) is 17.0 Å². The molecule has 0 radical (unpaired) electrons. The number of amides is 1. The fourth-order valence-corrected chi connectivity index (χ4v) is 2.89. The summed E-state index contributed by atoms with van der Waals surface area (Å²) in [5, 5.41) is 6.68. The van der Waals surface area contributed by atoms with E-state index in [2.05, 4.69) is 22.4 Å². The van der Waals surface area contributed by atoms with Crippen molar-refractivity contribution in [2.75, 3.05) is 11.1 Å². The van der Waals surface area contributed by atoms with Crippen molar-refractivity contribution in [3.05, 3.63) is 59.7 Å². The van der Waals surface area contributed by atoms with E-state index in [-0.39, 0.29) is 23.6 Å². The lowest BCUT2D eigenvalue weighted by Gasteiger charge is -2.04. The van der Waals surface area contributed by atoms with E-state index >= 15 is 0 Å². The minimum atomic E-state index is -0.497. The van der Waals surface area contributed by atoms with E-state index in [1.54, 1.807) is 12.3 Å². The van der Waals surface area contributed by atoms with E-state index in [4.69, 9.17) is 10.3 Å². The topological polar surface area (TPSA) is 95.3 Å². The second kappa shape index (κ2) is 6.50. The van der Waals surface area contributed by atoms with Crippen LogP contribution in [0.4, 0.5) is 16.0 Å². The quantitative estimate of drug-likeness (QED) is 0.724. The Kier molecular flexibility index (Phi) is 4.14. The Balaban J connectivity index is 1.39. The second-order valence-electron chi connectivity index (χ2n) is 7.21. The van der Waals surface area contributed by atoms with Gasteiger partial charge < -0.3 is 9.84 Å². The van der Waals surface area contributed by atoms with E-state index in [1.165, 1.54) is 6.07 Å². The van der Waals surface area contributed by atoms with Crippen molar-refractivity contribution >= 4 is 17.5 Å². The number of nitrogens with zero attached hydrogens (tertiary/aromatic N) is 1. The molecule has 1 saturated carbocycles. The van der Waals surface area contributed by atoms with Gasteiger partial charge in [-0.15, -0.1) is 0 Å². The van der Waals surface area contributed by atoms with Gasteiger partial charge in [-0.05, 0) is 30.0 Å². The molecular formula is C20H20FN4O2+. The van der Waals surface area contributed by atoms with Crippen LogP contribution in [0.25, 0.3) is 11.1 Å². The summed E-state index contributed by atoms with van der Waals surface area (Å²) in [7, 11) is 0. The van der Waals surface area contributed by atoms with E-state index in [0.29, 0.717) is 11.4 Å². The van der Waals surface area contributed by atoms with Crippen molar-refractivity contribution in [3.63, 3.8) is 0 Å². The van der Waals surface area contributed by atoms with E-state index in [9.17, 15) is 9.18 Å². The maximum Gasteiger partial charge on any atom is 0.306 e. The molecule has 4 rings (SSSR count). The summed E-state index contributed by atoms with van der Waals surface area (Å²) in [5.41, 5.74) is 7.88. The molecule has 1 aromatic carbocycles. The molecule has 0 aliphatic heterocycles. The lowest BCUT2D eigenvalue weighted by molar-refractivity contribution is -0.361. The number of aromatic nitrogens is 2. The molecule has 138 valence electrons. The first-order valence-corrected chi connectivity index (χ1v) is 8.76. The molecule has 6 nitrogen and oxygen atoms in total. The van der Waals surface area contributed by atoms with Gasteiger partial charge in [-0.3, -0.25) is 10.5 Å². The number of pyridine rings is 1. The summed E-state index contributed by atoms with van der Waals surface area (Å²) >= 11 is 0. The molecular weight excluding hydrogens is 347 g/mol. The molecule has 1 fully saturated rings. The zero-order chi connectivity index (χ0) is 19.0. The summed E-state index contributed by atoms with van der Waals surface area (Å²) in [5.74, 6) is 0.583. The van der Waals surface area contributed by atoms with Crippen molar-refractivity contribution in [1.29, 1.82) is 0 Å². The number of rotatable bonds is 5. The number of aromatic amines is 1. The van der Waals surface area contributed by atoms with Gasteiger partial charge in [0.2, 0.25) is 11.7 Å². The van der Waals surface area contributed by atoms with Gasteiger partial charge >= 0.3 is 5.82 Å². The third-order valence-electron chi connectivity index (χ3n) is 4.95. The number of carbonyl (C=O) groups excluding carboxylic acids is 1. The highest BCUT2D eigenvalue weighted by Crippen LogP contribution is 2.48. The van der Waals surface area contributed by atoms with Gasteiger partial charge in [-0.2, -0.15) is 4.39 Å². The van der Waals surface area contributed by atoms with Crippen molar-refractivity contribution in [2.45, 2.75) is 31.6 Å². The molecule has 0 saturated heterocycles. The molecule has 3 aromatic rings. The molecule has 27 heavy (non-hydrogen) atoms. The van der Waals surface area contributed by atoms with Crippen LogP contribution in [0.5, 0.6) is 0 Å². The summed E-state index contributed by atoms with van der Waals surface area (Å²) in [6, 6.07) is 10.5. The normalized spacial score (nSPS) is 14.7. The minimum absolute atomic E-state index is 0.00117. The van der Waals surface area contributed by atoms with Crippen LogP contribution in [-0.2, 0) is 16.6 Å². The highest BCUT2D eigenvalue weighted by atomic mass is 19.1. The number of hydrogen-bond donors (Lipinski definition) is 2. The molecule has 2 heterocycles. The largest absolute Gasteiger partial charge is 0.359 e. The van der Waals surface area contributed by atoms with Gasteiger partial charge in [-0.25, -0.2) is 4.98 Å². The van der Waals surface area contributed by atoms with Crippen molar-refractivity contribution in [3.8, 4) is 11.1 Å². The monoisotopic (exact) mass is 367 g/mol. The average Bonchev–Trinajstić information content (AvgIpc) is 3.22. The summed E-state index contributed by atoms with van der Waals surface area (Å²) in [4.78, 5) is 14.9. The Morgan fingerprint density at radius 2 is 2.04 bits per heavy atom. The lowest BCUT2D eigenvalue weighted by atomic mass is 10.0. The summed E-state index contributed by atoms with van der Waals surface area (Å²) < 4.78 is 18.9. The van der Waals surface area contributed by atoms with Gasteiger partial charge in [0.05, 0.1) is 12.6 Å². The molecule has 0 unspecified atom stereocenters. The zero-order valence-electron chi connectivity index (χ0n) is 14.9. The van der Waals surface area contributed by atoms with Crippen LogP contribution in [0.2, 0.25) is 0 Å². The third-order valence-corrected chi connectivity index (χ3v) is 4.95. The molecule has 4 N–H and O–H groups in total. The van der Waals surface area contributed by atoms with Crippen LogP contribution < -0.4 is 16.0 Å². The Bertz CT molecular complexity index is 993. The predicted molar refractivity (Wildman–Crippen MR) is 98.2 cm³/mol. The first-order valence-electron chi connectivity index (χ1n) is 8.76. The van der Waals surface area contributed by atoms with Crippen LogP contribution >= 0.6 is 0 Å². The number of nitrogen functional groups attached to an aromatic ring is 1. The van der Waals surface area contributed by atoms with E-state index in [0.717, 1.165) is 29.7 Å². The summed E-state index contributed by atoms with van der Waals surface area (Å²) in [6.45, 7) is 2.12. The van der Waals surface area contributed by atoms with Gasteiger partial charge in [0.25, 0.3) is 0 Å². The number of nitrogens with one attached hydrogen (secondary N) is 2. The minimum Gasteiger partial charge on any atom is -0.359 e. The van der Waals surface area contributed by atoms with Crippen molar-refractivity contribution < 1.29 is 18.7 Å². The van der Waals surface area contributed by atoms with Crippen LogP contribution in [0.3, 0.4) is 0 Å². The SMILES string of the molecule is CC1(c2cc(NC(=O)Cc3ccc(-c4c[nH+]c(N)c(F)c4)cc3)no2)CC1. The maximum absolute atomic E-state index is 13.6. The zero-order valence-corrected chi connectivity index (χ0v) is 14.9. The first kappa shape index (κ1) is 17.2. The number of anilines is 2. The fourth-order valence-electron chi connectivity index (χ4n) is 2.89. The van der Waals surface area contributed by atoms with Crippen LogP contribution in [0.1, 0.15) is 31.1 Å². The van der Waals surface area contributed by atoms with Crippen LogP contribution in [0.15, 0.2) is 47.1 Å². The van der Waals surface area contributed by atoms with E-state index in [1.807, 2.05) is 24.3 Å². The molecule has 1 amide bonds. The molecule has 7 heteroatoms. The van der Waals surface area contributed by atoms with Crippen molar-refractivity contribution in [2.24, 2.45) is 0 Å². The highest BCUT2D eigenvalue weighted by molar-refractivity contribution is 5.91. The predicted octanol–water partition coefficient (Wildman–Crippen LogP) is 3.11.